The number of anilines is 1. The summed E-state index contributed by atoms with van der Waals surface area (Å²) in [6.45, 7) is 10.4. The summed E-state index contributed by atoms with van der Waals surface area (Å²) in [4.78, 5) is 9.03. The minimum atomic E-state index is 0.554. The van der Waals surface area contributed by atoms with Crippen molar-refractivity contribution < 1.29 is 0 Å². The highest BCUT2D eigenvalue weighted by atomic mass is 32.1. The van der Waals surface area contributed by atoms with Crippen molar-refractivity contribution >= 4 is 16.5 Å². The van der Waals surface area contributed by atoms with Gasteiger partial charge in [0, 0.05) is 24.0 Å². The van der Waals surface area contributed by atoms with Gasteiger partial charge in [0.15, 0.2) is 5.13 Å². The van der Waals surface area contributed by atoms with Gasteiger partial charge in [-0.2, -0.15) is 0 Å². The zero-order valence-electron chi connectivity index (χ0n) is 13.7. The summed E-state index contributed by atoms with van der Waals surface area (Å²) < 4.78 is 0. The number of piperidine rings is 1. The smallest absolute Gasteiger partial charge is 0.185 e. The molecule has 1 unspecified atom stereocenters. The standard InChI is InChI=1S/C17H29N3S/c1-4-18-14-6-5-7-15-16(14)21-17(19-15)20-10-8-13(9-11-20)12(2)3/h12-14,18H,4-11H2,1-3H3. The van der Waals surface area contributed by atoms with Gasteiger partial charge in [-0.25, -0.2) is 4.98 Å². The minimum absolute atomic E-state index is 0.554. The van der Waals surface area contributed by atoms with Crippen LogP contribution in [0.1, 0.15) is 63.1 Å². The minimum Gasteiger partial charge on any atom is -0.348 e. The van der Waals surface area contributed by atoms with E-state index in [1.807, 2.05) is 11.3 Å². The van der Waals surface area contributed by atoms with E-state index in [-0.39, 0.29) is 0 Å². The third-order valence-electron chi connectivity index (χ3n) is 5.14. The number of fused-ring (bicyclic) bond motifs is 1. The molecule has 1 atom stereocenters. The summed E-state index contributed by atoms with van der Waals surface area (Å²) in [7, 11) is 0. The van der Waals surface area contributed by atoms with Crippen LogP contribution in [0.3, 0.4) is 0 Å². The van der Waals surface area contributed by atoms with Crippen LogP contribution < -0.4 is 10.2 Å². The number of thiazole rings is 1. The first-order valence-electron chi connectivity index (χ1n) is 8.67. The molecule has 1 aromatic heterocycles. The Balaban J connectivity index is 1.70. The zero-order valence-corrected chi connectivity index (χ0v) is 14.5. The summed E-state index contributed by atoms with van der Waals surface area (Å²) in [6, 6.07) is 0.554. The highest BCUT2D eigenvalue weighted by molar-refractivity contribution is 7.15. The van der Waals surface area contributed by atoms with Gasteiger partial charge in [0.05, 0.1) is 5.69 Å². The fourth-order valence-corrected chi connectivity index (χ4v) is 5.01. The van der Waals surface area contributed by atoms with Crippen LogP contribution in [0.4, 0.5) is 5.13 Å². The van der Waals surface area contributed by atoms with Crippen molar-refractivity contribution in [3.8, 4) is 0 Å². The molecule has 1 aliphatic heterocycles. The van der Waals surface area contributed by atoms with E-state index in [1.165, 1.54) is 60.9 Å². The molecule has 1 aromatic rings. The summed E-state index contributed by atoms with van der Waals surface area (Å²) >= 11 is 1.95. The molecule has 4 heteroatoms. The molecule has 1 fully saturated rings. The average Bonchev–Trinajstić information content (AvgIpc) is 2.93. The van der Waals surface area contributed by atoms with Crippen molar-refractivity contribution in [2.45, 2.75) is 58.9 Å². The monoisotopic (exact) mass is 307 g/mol. The molecule has 3 nitrogen and oxygen atoms in total. The van der Waals surface area contributed by atoms with Crippen LogP contribution in [0.5, 0.6) is 0 Å². The Morgan fingerprint density at radius 2 is 2.05 bits per heavy atom. The molecule has 0 radical (unpaired) electrons. The van der Waals surface area contributed by atoms with Crippen LogP contribution in [-0.4, -0.2) is 24.6 Å². The van der Waals surface area contributed by atoms with Crippen LogP contribution in [0.2, 0.25) is 0 Å². The highest BCUT2D eigenvalue weighted by Crippen LogP contribution is 2.39. The van der Waals surface area contributed by atoms with E-state index >= 15 is 0 Å². The Kier molecular flexibility index (Phi) is 4.85. The van der Waals surface area contributed by atoms with Gasteiger partial charge >= 0.3 is 0 Å². The Morgan fingerprint density at radius 3 is 2.71 bits per heavy atom. The lowest BCUT2D eigenvalue weighted by Crippen LogP contribution is -2.35. The van der Waals surface area contributed by atoms with E-state index in [0.29, 0.717) is 6.04 Å². The second-order valence-corrected chi connectivity index (χ2v) is 7.89. The second kappa shape index (κ2) is 6.66. The molecule has 2 heterocycles. The maximum Gasteiger partial charge on any atom is 0.185 e. The quantitative estimate of drug-likeness (QED) is 0.911. The van der Waals surface area contributed by atoms with Crippen LogP contribution in [0, 0.1) is 11.8 Å². The van der Waals surface area contributed by atoms with Crippen molar-refractivity contribution in [3.05, 3.63) is 10.6 Å². The summed E-state index contributed by atoms with van der Waals surface area (Å²) in [5, 5.41) is 4.92. The maximum atomic E-state index is 4.98. The second-order valence-electron chi connectivity index (χ2n) is 6.88. The van der Waals surface area contributed by atoms with Crippen LogP contribution in [0.25, 0.3) is 0 Å². The Morgan fingerprint density at radius 1 is 1.29 bits per heavy atom. The summed E-state index contributed by atoms with van der Waals surface area (Å²) in [5.74, 6) is 1.74. The fraction of sp³-hybridized carbons (Fsp3) is 0.824. The largest absolute Gasteiger partial charge is 0.348 e. The summed E-state index contributed by atoms with van der Waals surface area (Å²) in [5.41, 5.74) is 1.37. The molecule has 0 saturated carbocycles. The fourth-order valence-electron chi connectivity index (χ4n) is 3.74. The van der Waals surface area contributed by atoms with Gasteiger partial charge in [-0.05, 0) is 50.5 Å². The lowest BCUT2D eigenvalue weighted by atomic mass is 9.87. The lowest BCUT2D eigenvalue weighted by Gasteiger charge is -2.33. The molecule has 0 spiro atoms. The molecule has 0 amide bonds. The predicted molar refractivity (Wildman–Crippen MR) is 91.2 cm³/mol. The van der Waals surface area contributed by atoms with Gasteiger partial charge in [0.2, 0.25) is 0 Å². The number of rotatable bonds is 4. The molecule has 0 bridgehead atoms. The van der Waals surface area contributed by atoms with E-state index in [1.54, 1.807) is 0 Å². The number of hydrogen-bond acceptors (Lipinski definition) is 4. The predicted octanol–water partition coefficient (Wildman–Crippen LogP) is 4.00. The molecular formula is C17H29N3S. The van der Waals surface area contributed by atoms with Gasteiger partial charge in [-0.3, -0.25) is 0 Å². The van der Waals surface area contributed by atoms with E-state index in [4.69, 9.17) is 4.98 Å². The topological polar surface area (TPSA) is 28.2 Å². The number of nitrogens with zero attached hydrogens (tertiary/aromatic N) is 2. The summed E-state index contributed by atoms with van der Waals surface area (Å²) in [6.07, 6.45) is 6.40. The molecule has 2 aliphatic rings. The molecule has 1 saturated heterocycles. The highest BCUT2D eigenvalue weighted by Gasteiger charge is 2.28. The SMILES string of the molecule is CCNC1CCCc2nc(N3CCC(C(C)C)CC3)sc21. The molecule has 21 heavy (non-hydrogen) atoms. The third-order valence-corrected chi connectivity index (χ3v) is 6.41. The van der Waals surface area contributed by atoms with Gasteiger partial charge in [-0.1, -0.05) is 32.1 Å². The van der Waals surface area contributed by atoms with Gasteiger partial charge in [-0.15, -0.1) is 0 Å². The van der Waals surface area contributed by atoms with Crippen molar-refractivity contribution in [3.63, 3.8) is 0 Å². The van der Waals surface area contributed by atoms with Crippen LogP contribution in [0.15, 0.2) is 0 Å². The first kappa shape index (κ1) is 15.3. The first-order valence-corrected chi connectivity index (χ1v) is 9.48. The number of hydrogen-bond donors (Lipinski definition) is 1. The van der Waals surface area contributed by atoms with Crippen LogP contribution >= 0.6 is 11.3 Å². The van der Waals surface area contributed by atoms with E-state index in [2.05, 4.69) is 31.0 Å². The van der Waals surface area contributed by atoms with Gasteiger partial charge in [0.1, 0.15) is 0 Å². The van der Waals surface area contributed by atoms with Gasteiger partial charge in [0.25, 0.3) is 0 Å². The Hall–Kier alpha value is -0.610. The lowest BCUT2D eigenvalue weighted by molar-refractivity contribution is 0.311. The first-order chi connectivity index (χ1) is 10.2. The Labute approximate surface area is 133 Å². The van der Waals surface area contributed by atoms with Crippen LogP contribution in [-0.2, 0) is 6.42 Å². The van der Waals surface area contributed by atoms with Crippen molar-refractivity contribution in [1.29, 1.82) is 0 Å². The van der Waals surface area contributed by atoms with Crippen molar-refractivity contribution in [2.24, 2.45) is 11.8 Å². The maximum absolute atomic E-state index is 4.98. The molecule has 1 N–H and O–H groups in total. The van der Waals surface area contributed by atoms with Crippen molar-refractivity contribution in [1.82, 2.24) is 10.3 Å². The van der Waals surface area contributed by atoms with E-state index in [0.717, 1.165) is 18.4 Å². The number of aryl methyl sites for hydroxylation is 1. The molecule has 1 aliphatic carbocycles. The molecule has 0 aromatic carbocycles. The van der Waals surface area contributed by atoms with Crippen molar-refractivity contribution in [2.75, 3.05) is 24.5 Å². The molecule has 3 rings (SSSR count). The average molecular weight is 308 g/mol. The zero-order chi connectivity index (χ0) is 14.8. The normalized spacial score (nSPS) is 23.6. The van der Waals surface area contributed by atoms with E-state index in [9.17, 15) is 0 Å². The third kappa shape index (κ3) is 3.26. The number of aromatic nitrogens is 1. The Bertz CT molecular complexity index is 461. The number of nitrogens with one attached hydrogen (secondary N) is 1. The van der Waals surface area contributed by atoms with Gasteiger partial charge < -0.3 is 10.2 Å². The van der Waals surface area contributed by atoms with E-state index < -0.39 is 0 Å². The molecule has 118 valence electrons. The molecular weight excluding hydrogens is 278 g/mol.